The normalized spacial score (nSPS) is 23.4. The average molecular weight is 752 g/mol. The zero-order chi connectivity index (χ0) is 39.8. The second-order valence-electron chi connectivity index (χ2n) is 13.2. The number of carbonyl (C=O) groups excluding carboxylic acids is 4. The van der Waals surface area contributed by atoms with Crippen molar-refractivity contribution in [1.82, 2.24) is 0 Å². The molecule has 1 aliphatic rings. The Balaban J connectivity index is 3.67. The molecule has 0 spiro atoms. The van der Waals surface area contributed by atoms with Crippen molar-refractivity contribution in [2.24, 2.45) is 0 Å². The van der Waals surface area contributed by atoms with Crippen LogP contribution in [0.5, 0.6) is 0 Å². The van der Waals surface area contributed by atoms with Gasteiger partial charge in [-0.1, -0.05) is 91.9 Å². The van der Waals surface area contributed by atoms with Gasteiger partial charge in [-0.3, -0.25) is 19.2 Å². The lowest BCUT2D eigenvalue weighted by Gasteiger charge is -2.45. The molecule has 1 heterocycles. The highest BCUT2D eigenvalue weighted by Gasteiger charge is 2.54. The standard InChI is InChI=1S/C37H66O15/c1-5-9-13-14-18-22-30(43)51-35-34(50-29(42)21-17-12-8-4)33(49-28(41)20-16-11-7-3)26(24-47-27(40)19-15-10-6-2)48-37(35)52-36(46)32(45)31(44)25(39)23-38/h25-26,31-39,44-46H,5-24H2,1-4H3/t25-,26+,31+,32+,33+,34-,35-,36?,37?/m0/s1/i22D/t22?,25-,26+,31+,32+,33+,34-,35-,36?,37?. The van der Waals surface area contributed by atoms with Gasteiger partial charge in [0.05, 0.1) is 6.61 Å². The quantitative estimate of drug-likeness (QED) is 0.0319. The van der Waals surface area contributed by atoms with Gasteiger partial charge >= 0.3 is 23.9 Å². The van der Waals surface area contributed by atoms with E-state index in [9.17, 15) is 44.7 Å². The number of aliphatic hydroxyl groups excluding tert-OH is 5. The van der Waals surface area contributed by atoms with Gasteiger partial charge in [-0.15, -0.1) is 0 Å². The molecule has 1 saturated heterocycles. The van der Waals surface area contributed by atoms with Crippen LogP contribution in [0, 0.1) is 0 Å². The Labute approximate surface area is 310 Å². The van der Waals surface area contributed by atoms with Crippen molar-refractivity contribution in [2.45, 2.75) is 199 Å². The first-order chi connectivity index (χ1) is 25.3. The number of carbonyl (C=O) groups is 4. The number of ether oxygens (including phenoxy) is 6. The van der Waals surface area contributed by atoms with Crippen molar-refractivity contribution in [2.75, 3.05) is 13.2 Å². The van der Waals surface area contributed by atoms with Crippen molar-refractivity contribution < 1.29 is 74.5 Å². The van der Waals surface area contributed by atoms with Crippen LogP contribution in [0.25, 0.3) is 0 Å². The van der Waals surface area contributed by atoms with Gasteiger partial charge in [0.1, 0.15) is 31.0 Å². The van der Waals surface area contributed by atoms with Gasteiger partial charge in [0.2, 0.25) is 6.29 Å². The summed E-state index contributed by atoms with van der Waals surface area (Å²) in [5, 5.41) is 50.7. The summed E-state index contributed by atoms with van der Waals surface area (Å²) in [5.41, 5.74) is 0. The topological polar surface area (TPSA) is 225 Å². The smallest absolute Gasteiger partial charge is 0.306 e. The molecule has 10 atom stereocenters. The zero-order valence-corrected chi connectivity index (χ0v) is 31.5. The SMILES string of the molecule is [2H]C(CCCCCC)C(=O)O[C@@H]1C(OC(O)[C@H](O)[C@H](O)[C@@H](O)CO)O[C@H](COC(=O)CCCCC)[C@@H](OC(=O)CCCCC)[C@@H]1OC(=O)CCCCC. The summed E-state index contributed by atoms with van der Waals surface area (Å²) in [4.78, 5) is 52.5. The summed E-state index contributed by atoms with van der Waals surface area (Å²) in [6.45, 7) is 6.36. The van der Waals surface area contributed by atoms with E-state index in [1.807, 2.05) is 27.7 Å². The minimum Gasteiger partial charge on any atom is -0.463 e. The van der Waals surface area contributed by atoms with Crippen LogP contribution >= 0.6 is 0 Å². The van der Waals surface area contributed by atoms with E-state index in [-0.39, 0.29) is 25.7 Å². The lowest BCUT2D eigenvalue weighted by atomic mass is 9.97. The van der Waals surface area contributed by atoms with Crippen LogP contribution in [0.15, 0.2) is 0 Å². The van der Waals surface area contributed by atoms with Gasteiger partial charge in [0, 0.05) is 27.0 Å². The fourth-order valence-electron chi connectivity index (χ4n) is 5.45. The van der Waals surface area contributed by atoms with Crippen molar-refractivity contribution in [1.29, 1.82) is 0 Å². The molecule has 1 aliphatic heterocycles. The van der Waals surface area contributed by atoms with E-state index in [1.165, 1.54) is 0 Å². The molecule has 304 valence electrons. The minimum atomic E-state index is -2.36. The Morgan fingerprint density at radius 2 is 1.10 bits per heavy atom. The first-order valence-corrected chi connectivity index (χ1v) is 19.2. The molecule has 0 aromatic rings. The molecular weight excluding hydrogens is 684 g/mol. The van der Waals surface area contributed by atoms with Crippen LogP contribution < -0.4 is 0 Å². The van der Waals surface area contributed by atoms with Crippen LogP contribution in [0.3, 0.4) is 0 Å². The number of aliphatic hydroxyl groups is 5. The van der Waals surface area contributed by atoms with Gasteiger partial charge < -0.3 is 54.0 Å². The highest BCUT2D eigenvalue weighted by atomic mass is 16.8. The molecule has 0 amide bonds. The van der Waals surface area contributed by atoms with Gasteiger partial charge in [0.25, 0.3) is 0 Å². The van der Waals surface area contributed by atoms with Crippen LogP contribution in [0.2, 0.25) is 0 Å². The van der Waals surface area contributed by atoms with Crippen molar-refractivity contribution in [3.05, 3.63) is 0 Å². The third-order valence-electron chi connectivity index (χ3n) is 8.61. The Kier molecular flexibility index (Phi) is 24.7. The van der Waals surface area contributed by atoms with Gasteiger partial charge in [-0.05, 0) is 25.7 Å². The molecule has 3 unspecified atom stereocenters. The number of esters is 4. The predicted octanol–water partition coefficient (Wildman–Crippen LogP) is 3.50. The van der Waals surface area contributed by atoms with Gasteiger partial charge in [-0.2, -0.15) is 0 Å². The van der Waals surface area contributed by atoms with E-state index in [2.05, 4.69) is 0 Å². The Bertz CT molecular complexity index is 1030. The van der Waals surface area contributed by atoms with Gasteiger partial charge in [-0.25, -0.2) is 0 Å². The zero-order valence-electron chi connectivity index (χ0n) is 32.5. The molecule has 0 radical (unpaired) electrons. The minimum absolute atomic E-state index is 0.0159. The fraction of sp³-hybridized carbons (Fsp3) is 0.892. The highest BCUT2D eigenvalue weighted by Crippen LogP contribution is 2.32. The monoisotopic (exact) mass is 751 g/mol. The molecule has 0 bridgehead atoms. The summed E-state index contributed by atoms with van der Waals surface area (Å²) in [7, 11) is 0. The van der Waals surface area contributed by atoms with Gasteiger partial charge in [0.15, 0.2) is 24.6 Å². The first kappa shape index (κ1) is 45.8. The largest absolute Gasteiger partial charge is 0.463 e. The molecule has 0 saturated carbocycles. The molecular formula is C37H66O15. The predicted molar refractivity (Wildman–Crippen MR) is 187 cm³/mol. The summed E-state index contributed by atoms with van der Waals surface area (Å²) >= 11 is 0. The second-order valence-corrected chi connectivity index (χ2v) is 13.2. The maximum Gasteiger partial charge on any atom is 0.306 e. The first-order valence-electron chi connectivity index (χ1n) is 19.7. The van der Waals surface area contributed by atoms with Crippen LogP contribution in [-0.2, 0) is 47.6 Å². The Hall–Kier alpha value is -2.40. The van der Waals surface area contributed by atoms with Crippen LogP contribution in [0.1, 0.15) is 145 Å². The third kappa shape index (κ3) is 18.6. The van der Waals surface area contributed by atoms with E-state index >= 15 is 0 Å². The highest BCUT2D eigenvalue weighted by molar-refractivity contribution is 5.72. The molecule has 15 nitrogen and oxygen atoms in total. The molecule has 52 heavy (non-hydrogen) atoms. The van der Waals surface area contributed by atoms with Crippen molar-refractivity contribution >= 4 is 23.9 Å². The summed E-state index contributed by atoms with van der Waals surface area (Å²) in [6, 6.07) is 0. The Morgan fingerprint density at radius 1 is 0.615 bits per heavy atom. The summed E-state index contributed by atoms with van der Waals surface area (Å²) in [5.74, 6) is -3.11. The lowest BCUT2D eigenvalue weighted by molar-refractivity contribution is -0.349. The van der Waals surface area contributed by atoms with Crippen LogP contribution in [-0.4, -0.2) is 118 Å². The number of rotatable bonds is 29. The van der Waals surface area contributed by atoms with E-state index in [0.717, 1.165) is 51.4 Å². The Morgan fingerprint density at radius 3 is 1.63 bits per heavy atom. The molecule has 0 aromatic carbocycles. The fourth-order valence-corrected chi connectivity index (χ4v) is 5.45. The number of hydrogen-bond donors (Lipinski definition) is 5. The second kappa shape index (κ2) is 28.1. The average Bonchev–Trinajstić information content (AvgIpc) is 3.13. The summed E-state index contributed by atoms with van der Waals surface area (Å²) < 4.78 is 42.9. The number of unbranched alkanes of at least 4 members (excludes halogenated alkanes) is 9. The number of hydrogen-bond acceptors (Lipinski definition) is 15. The lowest BCUT2D eigenvalue weighted by Crippen LogP contribution is -2.64. The maximum absolute atomic E-state index is 13.4. The molecule has 0 aromatic heterocycles. The molecule has 15 heteroatoms. The molecule has 5 N–H and O–H groups in total. The van der Waals surface area contributed by atoms with E-state index in [4.69, 9.17) is 29.8 Å². The third-order valence-corrected chi connectivity index (χ3v) is 8.61. The molecule has 1 fully saturated rings. The van der Waals surface area contributed by atoms with Crippen LogP contribution in [0.4, 0.5) is 0 Å². The van der Waals surface area contributed by atoms with E-state index in [0.29, 0.717) is 32.1 Å². The van der Waals surface area contributed by atoms with E-state index in [1.54, 1.807) is 0 Å². The summed E-state index contributed by atoms with van der Waals surface area (Å²) in [6.07, 6.45) is -8.88. The molecule has 1 rings (SSSR count). The maximum atomic E-state index is 13.4. The molecule has 0 aliphatic carbocycles. The van der Waals surface area contributed by atoms with Crippen molar-refractivity contribution in [3.63, 3.8) is 0 Å². The van der Waals surface area contributed by atoms with Crippen molar-refractivity contribution in [3.8, 4) is 0 Å². The van der Waals surface area contributed by atoms with E-state index < -0.39 is 98.8 Å².